The van der Waals surface area contributed by atoms with Crippen LogP contribution in [0.5, 0.6) is 0 Å². The topological polar surface area (TPSA) is 202 Å². The number of rotatable bonds is 9. The Hall–Kier alpha value is -1.99. The van der Waals surface area contributed by atoms with E-state index < -0.39 is 46.1 Å². The minimum absolute atomic E-state index is 0.0194. The van der Waals surface area contributed by atoms with Gasteiger partial charge in [-0.3, -0.25) is 9.13 Å². The third-order valence-corrected chi connectivity index (χ3v) is 8.85. The van der Waals surface area contributed by atoms with E-state index in [1.807, 2.05) is 37.3 Å². The van der Waals surface area contributed by atoms with E-state index in [0.29, 0.717) is 11.3 Å². The SMILES string of the molecule is C[C@H](Nc1nc(Cl)nc2c1nnn2[C@H]1C[C@H](O)[C@@H](COP(=O)(O)CP(=O)(O)O)O1)c1ccccc1. The smallest absolute Gasteiger partial charge is 0.340 e. The highest BCUT2D eigenvalue weighted by Gasteiger charge is 2.39. The molecule has 0 saturated carbocycles. The molecule has 1 aliphatic rings. The molecule has 3 heterocycles. The lowest BCUT2D eigenvalue weighted by Gasteiger charge is -2.18. The minimum Gasteiger partial charge on any atom is -0.390 e. The molecule has 35 heavy (non-hydrogen) atoms. The molecule has 1 aromatic carbocycles. The van der Waals surface area contributed by atoms with Crippen LogP contribution in [0.3, 0.4) is 0 Å². The lowest BCUT2D eigenvalue weighted by molar-refractivity contribution is -0.0440. The summed E-state index contributed by atoms with van der Waals surface area (Å²) in [6.45, 7) is 1.37. The Kier molecular flexibility index (Phi) is 7.58. The van der Waals surface area contributed by atoms with Crippen molar-refractivity contribution in [1.82, 2.24) is 25.0 Å². The molecule has 190 valence electrons. The van der Waals surface area contributed by atoms with Gasteiger partial charge in [0.05, 0.1) is 18.8 Å². The average Bonchev–Trinajstić information content (AvgIpc) is 3.34. The van der Waals surface area contributed by atoms with Crippen molar-refractivity contribution < 1.29 is 38.2 Å². The first-order chi connectivity index (χ1) is 16.4. The van der Waals surface area contributed by atoms with Gasteiger partial charge in [0.25, 0.3) is 0 Å². The Balaban J connectivity index is 1.51. The van der Waals surface area contributed by atoms with E-state index in [2.05, 4.69) is 25.6 Å². The number of nitrogens with one attached hydrogen (secondary N) is 1. The first-order valence-electron chi connectivity index (χ1n) is 10.4. The van der Waals surface area contributed by atoms with Crippen molar-refractivity contribution in [2.75, 3.05) is 17.8 Å². The number of benzene rings is 1. The van der Waals surface area contributed by atoms with E-state index in [9.17, 15) is 19.1 Å². The fourth-order valence-electron chi connectivity index (χ4n) is 3.61. The fourth-order valence-corrected chi connectivity index (χ4v) is 6.34. The molecule has 0 bridgehead atoms. The molecule has 5 atom stereocenters. The van der Waals surface area contributed by atoms with Gasteiger partial charge >= 0.3 is 15.2 Å². The molecule has 0 spiro atoms. The second-order valence-corrected chi connectivity index (χ2v) is 12.3. The molecule has 5 N–H and O–H groups in total. The number of aliphatic hydroxyl groups excluding tert-OH is 1. The maximum atomic E-state index is 11.9. The largest absolute Gasteiger partial charge is 0.390 e. The molecule has 14 nitrogen and oxygen atoms in total. The number of aliphatic hydroxyl groups is 1. The number of anilines is 1. The quantitative estimate of drug-likeness (QED) is 0.192. The van der Waals surface area contributed by atoms with Crippen LogP contribution in [0.15, 0.2) is 30.3 Å². The first kappa shape index (κ1) is 26.1. The van der Waals surface area contributed by atoms with Crippen molar-refractivity contribution in [3.05, 3.63) is 41.2 Å². The molecule has 1 saturated heterocycles. The van der Waals surface area contributed by atoms with Crippen LogP contribution in [-0.2, 0) is 18.4 Å². The van der Waals surface area contributed by atoms with Crippen LogP contribution in [0.2, 0.25) is 5.28 Å². The second-order valence-electron chi connectivity index (χ2n) is 8.00. The molecule has 0 aliphatic carbocycles. The van der Waals surface area contributed by atoms with Gasteiger partial charge in [-0.15, -0.1) is 5.10 Å². The summed E-state index contributed by atoms with van der Waals surface area (Å²) < 4.78 is 34.7. The maximum absolute atomic E-state index is 11.9. The summed E-state index contributed by atoms with van der Waals surface area (Å²) >= 11 is 6.13. The van der Waals surface area contributed by atoms with Gasteiger partial charge in [0.15, 0.2) is 29.1 Å². The highest BCUT2D eigenvalue weighted by atomic mass is 35.5. The van der Waals surface area contributed by atoms with Crippen LogP contribution in [0.4, 0.5) is 5.82 Å². The van der Waals surface area contributed by atoms with Gasteiger partial charge in [0, 0.05) is 6.42 Å². The number of hydrogen-bond acceptors (Lipinski definition) is 10. The van der Waals surface area contributed by atoms with Gasteiger partial charge in [0.2, 0.25) is 5.28 Å². The third-order valence-electron chi connectivity index (χ3n) is 5.23. The predicted octanol–water partition coefficient (Wildman–Crippen LogP) is 2.03. The highest BCUT2D eigenvalue weighted by Crippen LogP contribution is 2.55. The number of aromatic nitrogens is 5. The van der Waals surface area contributed by atoms with Crippen LogP contribution >= 0.6 is 26.8 Å². The molecular weight excluding hydrogens is 526 g/mol. The van der Waals surface area contributed by atoms with Crippen LogP contribution in [0, 0.1) is 0 Å². The standard InChI is InChI=1S/C18H23ClN6O8P2/c1-10(11-5-3-2-4-6-11)20-16-15-17(22-18(19)21-16)25(24-23-15)14-7-12(26)13(33-14)8-32-35(30,31)9-34(27,28)29/h2-6,10,12-14,26H,7-9H2,1H3,(H,30,31)(H,20,21,22)(H2,27,28,29)/t10-,12-,13+,14+/m0/s1. The summed E-state index contributed by atoms with van der Waals surface area (Å²) in [5.74, 6) is -0.994. The van der Waals surface area contributed by atoms with Crippen LogP contribution in [-0.4, -0.2) is 69.5 Å². The summed E-state index contributed by atoms with van der Waals surface area (Å²) in [4.78, 5) is 35.8. The number of fused-ring (bicyclic) bond motifs is 1. The van der Waals surface area contributed by atoms with Crippen molar-refractivity contribution in [1.29, 1.82) is 0 Å². The van der Waals surface area contributed by atoms with Crippen molar-refractivity contribution in [3.63, 3.8) is 0 Å². The van der Waals surface area contributed by atoms with E-state index in [1.165, 1.54) is 4.68 Å². The average molecular weight is 549 g/mol. The molecular formula is C18H23ClN6O8P2. The molecule has 1 unspecified atom stereocenters. The summed E-state index contributed by atoms with van der Waals surface area (Å²) in [5, 5.41) is 21.7. The lowest BCUT2D eigenvalue weighted by Crippen LogP contribution is -2.26. The predicted molar refractivity (Wildman–Crippen MR) is 124 cm³/mol. The first-order valence-corrected chi connectivity index (χ1v) is 14.3. The summed E-state index contributed by atoms with van der Waals surface area (Å²) in [6, 6.07) is 9.51. The van der Waals surface area contributed by atoms with E-state index in [4.69, 9.17) is 30.6 Å². The van der Waals surface area contributed by atoms with E-state index in [-0.39, 0.29) is 23.4 Å². The molecule has 1 fully saturated rings. The number of halogens is 1. The van der Waals surface area contributed by atoms with Gasteiger partial charge in [-0.25, -0.2) is 0 Å². The van der Waals surface area contributed by atoms with Crippen molar-refractivity contribution in [2.45, 2.75) is 37.8 Å². The monoisotopic (exact) mass is 548 g/mol. The molecule has 17 heteroatoms. The van der Waals surface area contributed by atoms with Gasteiger partial charge in [-0.2, -0.15) is 14.6 Å². The normalized spacial score (nSPS) is 23.3. The van der Waals surface area contributed by atoms with Gasteiger partial charge in [-0.1, -0.05) is 35.5 Å². The van der Waals surface area contributed by atoms with Crippen molar-refractivity contribution >= 4 is 43.8 Å². The van der Waals surface area contributed by atoms with Crippen LogP contribution in [0.1, 0.15) is 31.2 Å². The summed E-state index contributed by atoms with van der Waals surface area (Å²) in [5.41, 5.74) is 1.56. The zero-order valence-corrected chi connectivity index (χ0v) is 20.8. The Labute approximate surface area is 204 Å². The molecule has 4 rings (SSSR count). The molecule has 1 aliphatic heterocycles. The third kappa shape index (κ3) is 6.42. The van der Waals surface area contributed by atoms with Crippen LogP contribution in [0.25, 0.3) is 11.2 Å². The highest BCUT2D eigenvalue weighted by molar-refractivity contribution is 7.70. The Morgan fingerprint density at radius 1 is 1.26 bits per heavy atom. The van der Waals surface area contributed by atoms with Gasteiger partial charge < -0.3 is 34.4 Å². The van der Waals surface area contributed by atoms with E-state index in [1.54, 1.807) is 0 Å². The Morgan fingerprint density at radius 3 is 2.66 bits per heavy atom. The van der Waals surface area contributed by atoms with Gasteiger partial charge in [-0.05, 0) is 24.1 Å². The molecule has 3 aromatic rings. The van der Waals surface area contributed by atoms with Crippen molar-refractivity contribution in [3.8, 4) is 0 Å². The van der Waals surface area contributed by atoms with E-state index >= 15 is 0 Å². The van der Waals surface area contributed by atoms with Crippen LogP contribution < -0.4 is 5.32 Å². The zero-order valence-electron chi connectivity index (χ0n) is 18.2. The van der Waals surface area contributed by atoms with Gasteiger partial charge in [0.1, 0.15) is 6.10 Å². The lowest BCUT2D eigenvalue weighted by atomic mass is 10.1. The number of hydrogen-bond donors (Lipinski definition) is 5. The molecule has 2 aromatic heterocycles. The Morgan fingerprint density at radius 2 is 1.97 bits per heavy atom. The number of nitrogens with zero attached hydrogens (tertiary/aromatic N) is 5. The second kappa shape index (κ2) is 10.2. The molecule has 0 radical (unpaired) electrons. The Bertz CT molecular complexity index is 1290. The zero-order chi connectivity index (χ0) is 25.4. The van der Waals surface area contributed by atoms with E-state index in [0.717, 1.165) is 5.56 Å². The summed E-state index contributed by atoms with van der Waals surface area (Å²) in [7, 11) is -9.38. The maximum Gasteiger partial charge on any atom is 0.340 e. The summed E-state index contributed by atoms with van der Waals surface area (Å²) in [6.07, 6.45) is -3.04. The van der Waals surface area contributed by atoms with Crippen molar-refractivity contribution in [2.24, 2.45) is 0 Å². The molecule has 0 amide bonds. The number of ether oxygens (including phenoxy) is 1. The minimum atomic E-state index is -4.78. The fraction of sp³-hybridized carbons (Fsp3) is 0.444.